The number of phenolic OH excluding ortho intramolecular Hbond substituents is 3. The Balaban J connectivity index is 1.00. The smallest absolute Gasteiger partial charge is 0.316 e. The Kier molecular flexibility index (Phi) is 15.4. The average Bonchev–Trinajstić information content (AvgIpc) is 0.689. The number of carbonyl (C=O) groups is 2. The second-order valence-corrected chi connectivity index (χ2v) is 28.3. The van der Waals surface area contributed by atoms with Crippen molar-refractivity contribution in [2.75, 3.05) is 39.7 Å². The lowest BCUT2D eigenvalue weighted by Crippen LogP contribution is -2.65. The third-order valence-corrected chi connectivity index (χ3v) is 23.2. The molecule has 0 saturated heterocycles. The predicted molar refractivity (Wildman–Crippen MR) is 337 cm³/mol. The number of nitrogens with one attached hydrogen (secondary N) is 1. The summed E-state index contributed by atoms with van der Waals surface area (Å²) in [4.78, 5) is 31.0. The second kappa shape index (κ2) is 23.2. The van der Waals surface area contributed by atoms with Crippen molar-refractivity contribution in [1.82, 2.24) is 5.32 Å². The van der Waals surface area contributed by atoms with Gasteiger partial charge in [-0.2, -0.15) is 0 Å². The highest BCUT2D eigenvalue weighted by molar-refractivity contribution is 8.76. The van der Waals surface area contributed by atoms with Crippen LogP contribution < -0.4 is 14.8 Å². The lowest BCUT2D eigenvalue weighted by Gasteiger charge is -2.66. The molecule has 14 unspecified atom stereocenters. The van der Waals surface area contributed by atoms with E-state index in [1.807, 2.05) is 48.5 Å². The molecule has 0 amide bonds. The summed E-state index contributed by atoms with van der Waals surface area (Å²) in [5.41, 5.74) is 4.97. The Hall–Kier alpha value is -6.90. The van der Waals surface area contributed by atoms with Gasteiger partial charge in [0.05, 0.1) is 31.2 Å². The fraction of sp³-hybridized carbons (Fsp3) is 0.417. The molecule has 7 aromatic rings. The molecule has 7 aliphatic rings. The van der Waals surface area contributed by atoms with E-state index in [2.05, 4.69) is 71.8 Å². The van der Waals surface area contributed by atoms with Gasteiger partial charge in [0.25, 0.3) is 0 Å². The van der Waals surface area contributed by atoms with Gasteiger partial charge >= 0.3 is 11.9 Å². The molecule has 2 heterocycles. The highest BCUT2D eigenvalue weighted by atomic mass is 33.1. The molecule has 14 atom stereocenters. The van der Waals surface area contributed by atoms with Gasteiger partial charge in [0.1, 0.15) is 30.0 Å². The number of hydrogen-bond acceptors (Lipinski definition) is 15. The van der Waals surface area contributed by atoms with Gasteiger partial charge in [0, 0.05) is 56.5 Å². The summed E-state index contributed by atoms with van der Waals surface area (Å²) in [5.74, 6) is 4.87. The van der Waals surface area contributed by atoms with Crippen molar-refractivity contribution in [2.45, 2.75) is 111 Å². The maximum Gasteiger partial charge on any atom is 0.316 e. The van der Waals surface area contributed by atoms with E-state index in [9.17, 15) is 30.3 Å². The first kappa shape index (κ1) is 57.8. The van der Waals surface area contributed by atoms with E-state index >= 15 is 4.79 Å². The third-order valence-electron chi connectivity index (χ3n) is 20.7. The second-order valence-electron chi connectivity index (χ2n) is 25.7. The number of aromatic hydroxyl groups is 3. The van der Waals surface area contributed by atoms with Crippen molar-refractivity contribution >= 4 is 55.1 Å². The monoisotopic (exact) mass is 1210 g/mol. The van der Waals surface area contributed by atoms with Crippen LogP contribution in [0.15, 0.2) is 121 Å². The Labute approximate surface area is 514 Å². The number of hydrogen-bond donors (Lipinski definition) is 6. The summed E-state index contributed by atoms with van der Waals surface area (Å²) in [6.07, 6.45) is 0.392. The molecule has 15 heteroatoms. The number of fused-ring (bicyclic) bond motifs is 11. The van der Waals surface area contributed by atoms with Crippen LogP contribution in [0, 0.1) is 47.3 Å². The van der Waals surface area contributed by atoms with E-state index in [0.29, 0.717) is 69.7 Å². The third kappa shape index (κ3) is 10.4. The van der Waals surface area contributed by atoms with Gasteiger partial charge in [-0.15, -0.1) is 0 Å². The van der Waals surface area contributed by atoms with Crippen LogP contribution in [0.1, 0.15) is 96.2 Å². The molecule has 87 heavy (non-hydrogen) atoms. The zero-order valence-corrected chi connectivity index (χ0v) is 50.7. The van der Waals surface area contributed by atoms with Crippen LogP contribution in [0.5, 0.6) is 28.7 Å². The van der Waals surface area contributed by atoms with E-state index in [1.165, 1.54) is 35.6 Å². The fourth-order valence-corrected chi connectivity index (χ4v) is 19.6. The largest absolute Gasteiger partial charge is 0.508 e. The molecule has 3 fully saturated rings. The lowest BCUT2D eigenvalue weighted by molar-refractivity contribution is -0.175. The van der Waals surface area contributed by atoms with Gasteiger partial charge in [-0.3, -0.25) is 9.59 Å². The van der Waals surface area contributed by atoms with Crippen molar-refractivity contribution in [1.29, 1.82) is 0 Å². The van der Waals surface area contributed by atoms with E-state index in [4.69, 9.17) is 23.7 Å². The van der Waals surface area contributed by atoms with Gasteiger partial charge in [0.2, 0.25) is 0 Å². The highest BCUT2D eigenvalue weighted by Crippen LogP contribution is 2.70. The quantitative estimate of drug-likeness (QED) is 0.0541. The number of ether oxygens (including phenoxy) is 5. The van der Waals surface area contributed by atoms with Crippen LogP contribution in [0.25, 0.3) is 32.7 Å². The lowest BCUT2D eigenvalue weighted by atomic mass is 9.38. The summed E-state index contributed by atoms with van der Waals surface area (Å²) in [6, 6.07) is 40.3. The Morgan fingerprint density at radius 1 is 0.793 bits per heavy atom. The molecule has 6 N–H and O–H groups in total. The van der Waals surface area contributed by atoms with Crippen molar-refractivity contribution in [3.63, 3.8) is 0 Å². The molecular formula is C72H73NO12S2. The Morgan fingerprint density at radius 2 is 1.62 bits per heavy atom. The van der Waals surface area contributed by atoms with E-state index in [-0.39, 0.29) is 60.2 Å². The van der Waals surface area contributed by atoms with E-state index < -0.39 is 76.1 Å². The van der Waals surface area contributed by atoms with Gasteiger partial charge in [-0.25, -0.2) is 0 Å². The summed E-state index contributed by atoms with van der Waals surface area (Å²) >= 11 is 0. The van der Waals surface area contributed by atoms with Crippen molar-refractivity contribution in [3.8, 4) is 51.7 Å². The molecule has 1 spiro atoms. The molecular weight excluding hydrogens is 1130 g/mol. The van der Waals surface area contributed by atoms with E-state index in [1.54, 1.807) is 25.3 Å². The zero-order chi connectivity index (χ0) is 59.9. The molecule has 5 aliphatic carbocycles. The maximum absolute atomic E-state index is 16.9. The first-order valence-electron chi connectivity index (χ1n) is 30.7. The standard InChI is InChI=1S/C72H73NO12S2/c1-39(74)84-65-28-53-27-58-56-30-67(63(77)23-48(56)21-59-62(76)31-60-57-29-64(78)66(82-3)24-49(57)22-61(65)72(60,69(58)59)51-16-13-44-8-4-5-9-45(44)19-51)83-37-68(79)87-86-38-43-17-40-11-12-42(36-81-2)35-73-34-41-7-6-10-46(18-41)55-26-52(75)20-47-14-15-50(25-54(47)55)71(32-40,33-43)70(80)85-53/h4-10,13-16,18-20,23-26,29-30,40,42-43,53,58-62,65,68-69,73,75-79H,17,21-22,27-28,31-38H2,1-3H3. The van der Waals surface area contributed by atoms with Crippen LogP contribution in [0.3, 0.4) is 0 Å². The zero-order valence-electron chi connectivity index (χ0n) is 49.1. The molecule has 450 valence electrons. The van der Waals surface area contributed by atoms with Gasteiger partial charge in [-0.05, 0) is 195 Å². The van der Waals surface area contributed by atoms with Crippen molar-refractivity contribution in [3.05, 3.63) is 160 Å². The first-order chi connectivity index (χ1) is 42.2. The number of aliphatic hydroxyl groups excluding tert-OH is 2. The number of benzene rings is 7. The maximum atomic E-state index is 16.9. The highest BCUT2D eigenvalue weighted by Gasteiger charge is 2.67. The molecule has 2 aliphatic heterocycles. The first-order valence-corrected chi connectivity index (χ1v) is 33.1. The van der Waals surface area contributed by atoms with Gasteiger partial charge in [0.15, 0.2) is 23.0 Å². The van der Waals surface area contributed by atoms with Crippen LogP contribution in [0.2, 0.25) is 0 Å². The Morgan fingerprint density at radius 3 is 2.46 bits per heavy atom. The van der Waals surface area contributed by atoms with Crippen LogP contribution in [-0.2, 0) is 54.0 Å². The number of methoxy groups -OCH3 is 2. The predicted octanol–water partition coefficient (Wildman–Crippen LogP) is 11.8. The summed E-state index contributed by atoms with van der Waals surface area (Å²) in [5, 5.41) is 67.3. The van der Waals surface area contributed by atoms with Crippen molar-refractivity contribution < 1.29 is 58.8 Å². The Bertz CT molecular complexity index is 3920. The number of aliphatic hydroxyl groups is 2. The number of rotatable bonds is 5. The summed E-state index contributed by atoms with van der Waals surface area (Å²) in [6.45, 7) is 2.89. The fourth-order valence-electron chi connectivity index (χ4n) is 17.3. The normalized spacial score (nSPS) is 30.9. The van der Waals surface area contributed by atoms with Gasteiger partial charge in [-0.1, -0.05) is 106 Å². The summed E-state index contributed by atoms with van der Waals surface area (Å²) in [7, 11) is 6.03. The minimum atomic E-state index is -1.28. The van der Waals surface area contributed by atoms with Crippen LogP contribution >= 0.6 is 21.6 Å². The molecule has 13 nitrogen and oxygen atoms in total. The van der Waals surface area contributed by atoms with Crippen LogP contribution in [0.4, 0.5) is 0 Å². The number of carbonyl (C=O) groups excluding carboxylic acids is 2. The molecule has 0 aromatic heterocycles. The minimum Gasteiger partial charge on any atom is -0.508 e. The molecule has 3 saturated carbocycles. The number of phenols is 3. The van der Waals surface area contributed by atoms with E-state index in [0.717, 1.165) is 71.6 Å². The van der Waals surface area contributed by atoms with Gasteiger partial charge < -0.3 is 54.5 Å². The average molecular weight is 1210 g/mol. The van der Waals surface area contributed by atoms with Crippen LogP contribution in [-0.4, -0.2) is 101 Å². The van der Waals surface area contributed by atoms with Crippen molar-refractivity contribution in [2.24, 2.45) is 35.5 Å². The topological polar surface area (TPSA) is 193 Å². The number of esters is 2. The molecule has 0 radical (unpaired) electrons. The summed E-state index contributed by atoms with van der Waals surface area (Å²) < 4.78 is 32.3. The SMILES string of the molecule is COCC1C#CC2CC3CSSC(O)COc4cc5c(cc4O)CC4C(O)CC6c7cc(O)c(OC)cc7CC7C(OC(C)=O)CC(CC5C4C67c4ccc5ccccc5c4)OC(=O)C(C2)(C3)c2ccc3cc(O)cc(c3c2)-c2cccc(c2)CNC1. The minimum absolute atomic E-state index is 0.0112. The molecule has 7 aromatic carbocycles. The molecule has 11 bridgehead atoms. The molecule has 14 rings (SSSR count).